The van der Waals surface area contributed by atoms with Gasteiger partial charge in [0.25, 0.3) is 5.91 Å². The minimum atomic E-state index is -0.304. The molecule has 4 heteroatoms. The van der Waals surface area contributed by atoms with Gasteiger partial charge in [0, 0.05) is 24.4 Å². The predicted molar refractivity (Wildman–Crippen MR) is 120 cm³/mol. The average Bonchev–Trinajstić information content (AvgIpc) is 2.90. The standard InChI is InChI=1S/C25H33FN2O/c1-5-6-8-12-24(25(29)28-17-10-7-9-11-21(28)4)27-16-15-20(3)22-14-13-19(2)18-23(22)26/h8,12-16,18,21H,3,5-7,9-11,17H2,1-2,4H3/b12-8+,16-15+,27-24+. The molecular weight excluding hydrogens is 363 g/mol. The Morgan fingerprint density at radius 3 is 2.83 bits per heavy atom. The van der Waals surface area contributed by atoms with Gasteiger partial charge in [0.05, 0.1) is 0 Å². The maximum Gasteiger partial charge on any atom is 0.272 e. The van der Waals surface area contributed by atoms with Crippen LogP contribution < -0.4 is 0 Å². The van der Waals surface area contributed by atoms with Gasteiger partial charge in [-0.25, -0.2) is 4.39 Å². The number of carbonyl (C=O) groups excluding carboxylic acids is 1. The molecule has 1 amide bonds. The maximum absolute atomic E-state index is 14.1. The average molecular weight is 397 g/mol. The molecule has 1 fully saturated rings. The van der Waals surface area contributed by atoms with Gasteiger partial charge < -0.3 is 4.90 Å². The van der Waals surface area contributed by atoms with Gasteiger partial charge in [-0.1, -0.05) is 51.0 Å². The molecular formula is C25H33FN2O. The Balaban J connectivity index is 2.21. The van der Waals surface area contributed by atoms with Gasteiger partial charge in [-0.2, -0.15) is 0 Å². The summed E-state index contributed by atoms with van der Waals surface area (Å²) in [6, 6.07) is 5.27. The van der Waals surface area contributed by atoms with Crippen molar-refractivity contribution in [1.29, 1.82) is 0 Å². The Morgan fingerprint density at radius 1 is 1.31 bits per heavy atom. The van der Waals surface area contributed by atoms with Gasteiger partial charge >= 0.3 is 0 Å². The third kappa shape index (κ3) is 6.81. The fourth-order valence-corrected chi connectivity index (χ4v) is 3.43. The molecule has 1 heterocycles. The lowest BCUT2D eigenvalue weighted by atomic mass is 10.1. The Hall–Kier alpha value is -2.49. The molecule has 0 N–H and O–H groups in total. The van der Waals surface area contributed by atoms with E-state index in [1.165, 1.54) is 6.07 Å². The summed E-state index contributed by atoms with van der Waals surface area (Å²) in [5, 5.41) is 0. The van der Waals surface area contributed by atoms with Crippen LogP contribution in [0.15, 0.2) is 54.2 Å². The second-order valence-electron chi connectivity index (χ2n) is 7.73. The summed E-state index contributed by atoms with van der Waals surface area (Å²) < 4.78 is 14.1. The fourth-order valence-electron chi connectivity index (χ4n) is 3.43. The summed E-state index contributed by atoms with van der Waals surface area (Å²) in [4.78, 5) is 19.5. The number of halogens is 1. The van der Waals surface area contributed by atoms with E-state index in [0.717, 1.165) is 50.6 Å². The fraction of sp³-hybridized carbons (Fsp3) is 0.440. The van der Waals surface area contributed by atoms with Crippen molar-refractivity contribution in [3.63, 3.8) is 0 Å². The number of nitrogens with zero attached hydrogens (tertiary/aromatic N) is 2. The van der Waals surface area contributed by atoms with Crippen molar-refractivity contribution in [2.24, 2.45) is 4.99 Å². The van der Waals surface area contributed by atoms with Gasteiger partial charge in [0.2, 0.25) is 0 Å². The number of aryl methyl sites for hydroxylation is 1. The zero-order chi connectivity index (χ0) is 21.2. The molecule has 0 aliphatic carbocycles. The van der Waals surface area contributed by atoms with E-state index in [4.69, 9.17) is 0 Å². The molecule has 2 rings (SSSR count). The summed E-state index contributed by atoms with van der Waals surface area (Å²) in [7, 11) is 0. The highest BCUT2D eigenvalue weighted by Gasteiger charge is 2.24. The molecule has 1 saturated heterocycles. The predicted octanol–water partition coefficient (Wildman–Crippen LogP) is 6.25. The first kappa shape index (κ1) is 22.8. The number of hydrogen-bond acceptors (Lipinski definition) is 2. The largest absolute Gasteiger partial charge is 0.335 e. The molecule has 1 unspecified atom stereocenters. The summed E-state index contributed by atoms with van der Waals surface area (Å²) in [5.41, 5.74) is 2.25. The molecule has 0 saturated carbocycles. The minimum absolute atomic E-state index is 0.0384. The van der Waals surface area contributed by atoms with Crippen LogP contribution in [-0.4, -0.2) is 29.1 Å². The van der Waals surface area contributed by atoms with E-state index in [0.29, 0.717) is 16.8 Å². The van der Waals surface area contributed by atoms with Gasteiger partial charge in [-0.15, -0.1) is 0 Å². The second-order valence-corrected chi connectivity index (χ2v) is 7.73. The molecule has 1 aliphatic rings. The molecule has 1 aromatic carbocycles. The number of likely N-dealkylation sites (tertiary alicyclic amines) is 1. The molecule has 0 aromatic heterocycles. The normalized spacial score (nSPS) is 18.4. The number of carbonyl (C=O) groups is 1. The summed E-state index contributed by atoms with van der Waals surface area (Å²) in [5.74, 6) is -0.343. The van der Waals surface area contributed by atoms with Crippen LogP contribution in [0, 0.1) is 12.7 Å². The third-order valence-corrected chi connectivity index (χ3v) is 5.22. The van der Waals surface area contributed by atoms with E-state index in [2.05, 4.69) is 25.4 Å². The van der Waals surface area contributed by atoms with Crippen LogP contribution in [0.4, 0.5) is 4.39 Å². The van der Waals surface area contributed by atoms with Crippen molar-refractivity contribution < 1.29 is 9.18 Å². The molecule has 3 nitrogen and oxygen atoms in total. The highest BCUT2D eigenvalue weighted by Crippen LogP contribution is 2.20. The lowest BCUT2D eigenvalue weighted by molar-refractivity contribution is -0.125. The SMILES string of the molecule is C=C(/C=C/N=C(\C=C\CCC)C(=O)N1CCCCCC1C)c1ccc(C)cc1F. The van der Waals surface area contributed by atoms with Crippen molar-refractivity contribution in [3.8, 4) is 0 Å². The number of allylic oxidation sites excluding steroid dienone is 3. The molecule has 0 spiro atoms. The van der Waals surface area contributed by atoms with E-state index in [9.17, 15) is 9.18 Å². The Bertz CT molecular complexity index is 807. The quantitative estimate of drug-likeness (QED) is 0.396. The van der Waals surface area contributed by atoms with Gasteiger partial charge in [0.1, 0.15) is 11.5 Å². The zero-order valence-electron chi connectivity index (χ0n) is 18.0. The summed E-state index contributed by atoms with van der Waals surface area (Å²) in [6.45, 7) is 10.8. The van der Waals surface area contributed by atoms with E-state index in [1.54, 1.807) is 18.3 Å². The maximum atomic E-state index is 14.1. The Labute approximate surface area is 174 Å². The summed E-state index contributed by atoms with van der Waals surface area (Å²) in [6.07, 6.45) is 13.3. The first-order chi connectivity index (χ1) is 13.9. The molecule has 1 aliphatic heterocycles. The molecule has 0 bridgehead atoms. The lowest BCUT2D eigenvalue weighted by Crippen LogP contribution is -2.41. The number of hydrogen-bond donors (Lipinski definition) is 0. The summed E-state index contributed by atoms with van der Waals surface area (Å²) >= 11 is 0. The van der Waals surface area contributed by atoms with Crippen LogP contribution in [0.25, 0.3) is 5.57 Å². The van der Waals surface area contributed by atoms with Crippen LogP contribution in [-0.2, 0) is 4.79 Å². The topological polar surface area (TPSA) is 32.7 Å². The van der Waals surface area contributed by atoms with Gasteiger partial charge in [0.15, 0.2) is 0 Å². The number of rotatable bonds is 7. The second kappa shape index (κ2) is 11.5. The highest BCUT2D eigenvalue weighted by atomic mass is 19.1. The Morgan fingerprint density at radius 2 is 2.10 bits per heavy atom. The van der Waals surface area contributed by atoms with Crippen molar-refractivity contribution >= 4 is 17.2 Å². The number of amides is 1. The third-order valence-electron chi connectivity index (χ3n) is 5.22. The van der Waals surface area contributed by atoms with Crippen molar-refractivity contribution in [1.82, 2.24) is 4.90 Å². The van der Waals surface area contributed by atoms with Crippen LogP contribution in [0.5, 0.6) is 0 Å². The molecule has 1 atom stereocenters. The van der Waals surface area contributed by atoms with Crippen molar-refractivity contribution in [2.75, 3.05) is 6.54 Å². The molecule has 29 heavy (non-hydrogen) atoms. The van der Waals surface area contributed by atoms with Gasteiger partial charge in [-0.05, 0) is 62.5 Å². The number of unbranched alkanes of at least 4 members (excludes halogenated alkanes) is 1. The first-order valence-electron chi connectivity index (χ1n) is 10.6. The van der Waals surface area contributed by atoms with Crippen LogP contribution in [0.1, 0.15) is 63.5 Å². The van der Waals surface area contributed by atoms with Crippen molar-refractivity contribution in [3.05, 3.63) is 66.2 Å². The monoisotopic (exact) mass is 396 g/mol. The first-order valence-corrected chi connectivity index (χ1v) is 10.6. The van der Waals surface area contributed by atoms with Crippen LogP contribution in [0.2, 0.25) is 0 Å². The van der Waals surface area contributed by atoms with Crippen molar-refractivity contribution in [2.45, 2.75) is 65.3 Å². The Kier molecular flexibility index (Phi) is 9.04. The smallest absolute Gasteiger partial charge is 0.272 e. The van der Waals surface area contributed by atoms with E-state index in [-0.39, 0.29) is 17.8 Å². The van der Waals surface area contributed by atoms with E-state index in [1.807, 2.05) is 30.0 Å². The minimum Gasteiger partial charge on any atom is -0.335 e. The van der Waals surface area contributed by atoms with Crippen LogP contribution >= 0.6 is 0 Å². The van der Waals surface area contributed by atoms with E-state index < -0.39 is 0 Å². The molecule has 0 radical (unpaired) electrons. The number of aliphatic imine (C=N–C) groups is 1. The lowest BCUT2D eigenvalue weighted by Gasteiger charge is -2.27. The van der Waals surface area contributed by atoms with Crippen LogP contribution in [0.3, 0.4) is 0 Å². The zero-order valence-corrected chi connectivity index (χ0v) is 18.0. The molecule has 156 valence electrons. The highest BCUT2D eigenvalue weighted by molar-refractivity contribution is 6.43. The molecule has 1 aromatic rings. The number of benzene rings is 1. The van der Waals surface area contributed by atoms with Gasteiger partial charge in [-0.3, -0.25) is 9.79 Å². The van der Waals surface area contributed by atoms with E-state index >= 15 is 0 Å².